The van der Waals surface area contributed by atoms with Gasteiger partial charge in [-0.3, -0.25) is 0 Å². The number of aromatic nitrogens is 1. The van der Waals surface area contributed by atoms with Crippen molar-refractivity contribution in [3.63, 3.8) is 0 Å². The minimum Gasteiger partial charge on any atom is -0.359 e. The molecule has 0 spiro atoms. The van der Waals surface area contributed by atoms with Crippen LogP contribution in [0, 0.1) is 18.3 Å². The molecule has 1 saturated heterocycles. The molecule has 0 amide bonds. The average Bonchev–Trinajstić information content (AvgIpc) is 3.19. The zero-order chi connectivity index (χ0) is 22.4. The Morgan fingerprint density at radius 2 is 1.77 bits per heavy atom. The molecule has 2 heterocycles. The van der Waals surface area contributed by atoms with Gasteiger partial charge in [0.25, 0.3) is 0 Å². The monoisotopic (exact) mass is 459 g/mol. The van der Waals surface area contributed by atoms with Crippen LogP contribution in [0.25, 0.3) is 22.0 Å². The van der Waals surface area contributed by atoms with E-state index < -0.39 is 20.0 Å². The van der Waals surface area contributed by atoms with Gasteiger partial charge >= 0.3 is 0 Å². The predicted molar refractivity (Wildman–Crippen MR) is 116 cm³/mol. The number of rotatable bonds is 4. The van der Waals surface area contributed by atoms with Gasteiger partial charge in [0.1, 0.15) is 6.07 Å². The number of fused-ring (bicyclic) bond motifs is 1. The van der Waals surface area contributed by atoms with Crippen molar-refractivity contribution >= 4 is 30.9 Å². The first kappa shape index (κ1) is 21.5. The van der Waals surface area contributed by atoms with Crippen LogP contribution in [0.2, 0.25) is 0 Å². The SMILES string of the molecule is Cc1ccc(-c2cc(S(=O)(=O)N3CCNCC3)ccc2S(N)(=O)=O)c2[nH]cc(C#N)c12. The fourth-order valence-corrected chi connectivity index (χ4v) is 6.10. The Morgan fingerprint density at radius 1 is 1.06 bits per heavy atom. The molecule has 1 fully saturated rings. The summed E-state index contributed by atoms with van der Waals surface area (Å²) in [5, 5.41) is 18.6. The number of nitrogens with one attached hydrogen (secondary N) is 2. The van der Waals surface area contributed by atoms with E-state index in [0.717, 1.165) is 5.56 Å². The van der Waals surface area contributed by atoms with Crippen LogP contribution in [0.4, 0.5) is 0 Å². The van der Waals surface area contributed by atoms with Crippen molar-refractivity contribution in [1.29, 1.82) is 5.26 Å². The second kappa shape index (κ2) is 7.74. The van der Waals surface area contributed by atoms with Crippen LogP contribution in [-0.2, 0) is 20.0 Å². The summed E-state index contributed by atoms with van der Waals surface area (Å²) in [6.07, 6.45) is 1.54. The lowest BCUT2D eigenvalue weighted by molar-refractivity contribution is 0.360. The Kier molecular flexibility index (Phi) is 5.36. The standard InChI is InChI=1S/C20H21N5O4S2/c1-13-2-4-16(20-19(13)14(11-21)12-24-20)17-10-15(3-5-18(17)30(22,26)27)31(28,29)25-8-6-23-7-9-25/h2-5,10,12,23-24H,6-9H2,1H3,(H2,22,26,27). The van der Waals surface area contributed by atoms with Gasteiger partial charge in [-0.1, -0.05) is 12.1 Å². The van der Waals surface area contributed by atoms with E-state index in [1.54, 1.807) is 18.3 Å². The number of hydrogen-bond acceptors (Lipinski definition) is 6. The minimum atomic E-state index is -4.14. The highest BCUT2D eigenvalue weighted by molar-refractivity contribution is 7.89. The lowest BCUT2D eigenvalue weighted by Gasteiger charge is -2.27. The van der Waals surface area contributed by atoms with Crippen molar-refractivity contribution in [1.82, 2.24) is 14.6 Å². The number of primary sulfonamides is 1. The highest BCUT2D eigenvalue weighted by Crippen LogP contribution is 2.36. The molecule has 1 aromatic heterocycles. The van der Waals surface area contributed by atoms with Crippen molar-refractivity contribution in [2.24, 2.45) is 5.14 Å². The van der Waals surface area contributed by atoms with Crippen molar-refractivity contribution < 1.29 is 16.8 Å². The first-order valence-electron chi connectivity index (χ1n) is 9.53. The number of sulfonamides is 2. The molecule has 162 valence electrons. The van der Waals surface area contributed by atoms with Crippen LogP contribution >= 0.6 is 0 Å². The molecule has 4 N–H and O–H groups in total. The maximum atomic E-state index is 13.2. The van der Waals surface area contributed by atoms with E-state index in [0.29, 0.717) is 48.2 Å². The van der Waals surface area contributed by atoms with Gasteiger partial charge < -0.3 is 10.3 Å². The third-order valence-electron chi connectivity index (χ3n) is 5.43. The second-order valence-corrected chi connectivity index (χ2v) is 10.8. The molecule has 0 unspecified atom stereocenters. The summed E-state index contributed by atoms with van der Waals surface area (Å²) in [7, 11) is -7.96. The molecule has 31 heavy (non-hydrogen) atoms. The maximum absolute atomic E-state index is 13.2. The summed E-state index contributed by atoms with van der Waals surface area (Å²) in [5.74, 6) is 0. The van der Waals surface area contributed by atoms with E-state index in [-0.39, 0.29) is 15.4 Å². The van der Waals surface area contributed by atoms with Crippen molar-refractivity contribution in [3.05, 3.63) is 47.7 Å². The van der Waals surface area contributed by atoms with E-state index in [9.17, 15) is 22.1 Å². The molecular weight excluding hydrogens is 438 g/mol. The summed E-state index contributed by atoms with van der Waals surface area (Å²) in [4.78, 5) is 2.82. The zero-order valence-corrected chi connectivity index (χ0v) is 18.3. The van der Waals surface area contributed by atoms with Gasteiger partial charge in [0.05, 0.1) is 20.9 Å². The third kappa shape index (κ3) is 3.73. The summed E-state index contributed by atoms with van der Waals surface area (Å²) < 4.78 is 52.3. The number of aromatic amines is 1. The summed E-state index contributed by atoms with van der Waals surface area (Å²) in [5.41, 5.74) is 2.39. The van der Waals surface area contributed by atoms with Crippen LogP contribution in [-0.4, -0.2) is 52.3 Å². The minimum absolute atomic E-state index is 0.0161. The fourth-order valence-electron chi connectivity index (χ4n) is 3.89. The Bertz CT molecular complexity index is 1430. The Balaban J connectivity index is 1.99. The molecule has 11 heteroatoms. The molecule has 1 aliphatic rings. The van der Waals surface area contributed by atoms with Crippen molar-refractivity contribution in [2.45, 2.75) is 16.7 Å². The van der Waals surface area contributed by atoms with E-state index >= 15 is 0 Å². The van der Waals surface area contributed by atoms with Gasteiger partial charge in [0.2, 0.25) is 20.0 Å². The van der Waals surface area contributed by atoms with Crippen molar-refractivity contribution in [2.75, 3.05) is 26.2 Å². The number of benzene rings is 2. The number of piperazine rings is 1. The van der Waals surface area contributed by atoms with Crippen LogP contribution in [0.3, 0.4) is 0 Å². The Labute approximate surface area is 180 Å². The third-order valence-corrected chi connectivity index (χ3v) is 8.29. The normalized spacial score (nSPS) is 15.8. The molecule has 0 aliphatic carbocycles. The molecule has 0 saturated carbocycles. The molecular formula is C20H21N5O4S2. The maximum Gasteiger partial charge on any atom is 0.243 e. The average molecular weight is 460 g/mol. The fraction of sp³-hybridized carbons (Fsp3) is 0.250. The lowest BCUT2D eigenvalue weighted by Crippen LogP contribution is -2.46. The number of aryl methyl sites for hydroxylation is 1. The molecule has 2 aromatic carbocycles. The first-order valence-corrected chi connectivity index (χ1v) is 12.5. The molecule has 1 aliphatic heterocycles. The topological polar surface area (TPSA) is 149 Å². The summed E-state index contributed by atoms with van der Waals surface area (Å²) >= 11 is 0. The zero-order valence-electron chi connectivity index (χ0n) is 16.7. The van der Waals surface area contributed by atoms with Gasteiger partial charge in [-0.15, -0.1) is 0 Å². The highest BCUT2D eigenvalue weighted by atomic mass is 32.2. The molecule has 3 aromatic rings. The molecule has 0 atom stereocenters. The van der Waals surface area contributed by atoms with Gasteiger partial charge in [-0.05, 0) is 30.7 Å². The van der Waals surface area contributed by atoms with Gasteiger partial charge in [-0.25, -0.2) is 22.0 Å². The first-order chi connectivity index (χ1) is 14.6. The second-order valence-electron chi connectivity index (χ2n) is 7.35. The van der Waals surface area contributed by atoms with Crippen LogP contribution in [0.5, 0.6) is 0 Å². The van der Waals surface area contributed by atoms with Gasteiger partial charge in [0, 0.05) is 48.9 Å². The van der Waals surface area contributed by atoms with Crippen LogP contribution in [0.1, 0.15) is 11.1 Å². The quantitative estimate of drug-likeness (QED) is 0.535. The number of nitrogens with zero attached hydrogens (tertiary/aromatic N) is 2. The number of H-pyrrole nitrogens is 1. The summed E-state index contributed by atoms with van der Waals surface area (Å²) in [6.45, 7) is 3.57. The number of hydrogen-bond donors (Lipinski definition) is 3. The van der Waals surface area contributed by atoms with Gasteiger partial charge in [0.15, 0.2) is 0 Å². The lowest BCUT2D eigenvalue weighted by atomic mass is 9.99. The number of nitriles is 1. The Hall–Kier alpha value is -2.75. The molecule has 0 radical (unpaired) electrons. The van der Waals surface area contributed by atoms with E-state index in [4.69, 9.17) is 5.14 Å². The summed E-state index contributed by atoms with van der Waals surface area (Å²) in [6, 6.07) is 9.39. The van der Waals surface area contributed by atoms with Crippen LogP contribution in [0.15, 0.2) is 46.3 Å². The largest absolute Gasteiger partial charge is 0.359 e. The highest BCUT2D eigenvalue weighted by Gasteiger charge is 2.28. The smallest absolute Gasteiger partial charge is 0.243 e. The molecule has 9 nitrogen and oxygen atoms in total. The van der Waals surface area contributed by atoms with Crippen LogP contribution < -0.4 is 10.5 Å². The predicted octanol–water partition coefficient (Wildman–Crippen LogP) is 1.26. The van der Waals surface area contributed by atoms with Gasteiger partial charge in [-0.2, -0.15) is 9.57 Å². The molecule has 4 rings (SSSR count). The van der Waals surface area contributed by atoms with E-state index in [2.05, 4.69) is 16.4 Å². The van der Waals surface area contributed by atoms with E-state index in [1.807, 2.05) is 6.92 Å². The number of nitrogens with two attached hydrogens (primary N) is 1. The Morgan fingerprint density at radius 3 is 2.42 bits per heavy atom. The van der Waals surface area contributed by atoms with Crippen molar-refractivity contribution in [3.8, 4) is 17.2 Å². The van der Waals surface area contributed by atoms with E-state index in [1.165, 1.54) is 22.5 Å². The molecule has 0 bridgehead atoms.